The van der Waals surface area contributed by atoms with Crippen molar-refractivity contribution in [2.24, 2.45) is 0 Å². The largest absolute Gasteiger partial charge is 0.488 e. The molecule has 0 radical (unpaired) electrons. The highest BCUT2D eigenvalue weighted by Gasteiger charge is 2.21. The number of para-hydroxylation sites is 1. The van der Waals surface area contributed by atoms with Crippen LogP contribution in [-0.4, -0.2) is 20.8 Å². The smallest absolute Gasteiger partial charge is 0.278 e. The molecule has 7 heteroatoms. The van der Waals surface area contributed by atoms with Gasteiger partial charge in [-0.15, -0.1) is 0 Å². The predicted molar refractivity (Wildman–Crippen MR) is 97.3 cm³/mol. The van der Waals surface area contributed by atoms with Gasteiger partial charge in [-0.3, -0.25) is 9.48 Å². The number of amides is 1. The first-order chi connectivity index (χ1) is 12.5. The van der Waals surface area contributed by atoms with Gasteiger partial charge in [0, 0.05) is 12.7 Å². The molecule has 2 heterocycles. The van der Waals surface area contributed by atoms with E-state index >= 15 is 0 Å². The summed E-state index contributed by atoms with van der Waals surface area (Å²) < 4.78 is 12.8. The minimum Gasteiger partial charge on any atom is -0.488 e. The van der Waals surface area contributed by atoms with E-state index in [1.165, 1.54) is 0 Å². The number of carbonyl (C=O) groups is 1. The van der Waals surface area contributed by atoms with Crippen LogP contribution in [0.25, 0.3) is 0 Å². The van der Waals surface area contributed by atoms with E-state index < -0.39 is 0 Å². The minimum atomic E-state index is -0.344. The zero-order chi connectivity index (χ0) is 18.7. The van der Waals surface area contributed by atoms with Gasteiger partial charge in [0.25, 0.3) is 5.91 Å². The maximum absolute atomic E-state index is 12.7. The number of hydrogen-bond donors (Lipinski definition) is 1. The molecule has 0 fully saturated rings. The number of carbonyl (C=O) groups excluding carboxylic acids is 1. The SMILES string of the molecule is CCn1cc(NC(=O)c2noc(C)c2COc2ccccc2C)c(C)n1. The van der Waals surface area contributed by atoms with Crippen molar-refractivity contribution in [2.45, 2.75) is 40.8 Å². The van der Waals surface area contributed by atoms with Crippen LogP contribution in [0.1, 0.15) is 40.0 Å². The third kappa shape index (κ3) is 3.61. The lowest BCUT2D eigenvalue weighted by Gasteiger charge is -2.09. The highest BCUT2D eigenvalue weighted by Crippen LogP contribution is 2.22. The van der Waals surface area contributed by atoms with Gasteiger partial charge >= 0.3 is 0 Å². The molecule has 0 atom stereocenters. The number of nitrogens with one attached hydrogen (secondary N) is 1. The Bertz CT molecular complexity index is 927. The molecule has 136 valence electrons. The molecule has 0 aliphatic carbocycles. The number of aromatic nitrogens is 3. The number of nitrogens with zero attached hydrogens (tertiary/aromatic N) is 3. The summed E-state index contributed by atoms with van der Waals surface area (Å²) in [5.41, 5.74) is 3.28. The molecule has 7 nitrogen and oxygen atoms in total. The Hall–Kier alpha value is -3.09. The van der Waals surface area contributed by atoms with Crippen LogP contribution in [0.3, 0.4) is 0 Å². The van der Waals surface area contributed by atoms with Crippen molar-refractivity contribution in [3.8, 4) is 5.75 Å². The van der Waals surface area contributed by atoms with Gasteiger partial charge in [0.15, 0.2) is 5.69 Å². The quantitative estimate of drug-likeness (QED) is 0.731. The van der Waals surface area contributed by atoms with Gasteiger partial charge in [0.2, 0.25) is 0 Å². The summed E-state index contributed by atoms with van der Waals surface area (Å²) in [5.74, 6) is 0.980. The van der Waals surface area contributed by atoms with E-state index in [9.17, 15) is 4.79 Å². The number of rotatable bonds is 6. The molecule has 0 bridgehead atoms. The van der Waals surface area contributed by atoms with Gasteiger partial charge in [0.1, 0.15) is 18.1 Å². The average Bonchev–Trinajstić information content (AvgIpc) is 3.17. The Kier molecular flexibility index (Phi) is 5.06. The molecule has 1 N–H and O–H groups in total. The fourth-order valence-corrected chi connectivity index (χ4v) is 2.59. The molecular weight excluding hydrogens is 332 g/mol. The van der Waals surface area contributed by atoms with Crippen LogP contribution < -0.4 is 10.1 Å². The Balaban J connectivity index is 1.77. The van der Waals surface area contributed by atoms with E-state index in [0.717, 1.165) is 23.6 Å². The standard InChI is InChI=1S/C19H22N4O3/c1-5-23-10-16(13(3)21-23)20-19(24)18-15(14(4)26-22-18)11-25-17-9-7-6-8-12(17)2/h6-10H,5,11H2,1-4H3,(H,20,24). The first-order valence-corrected chi connectivity index (χ1v) is 8.48. The van der Waals surface area contributed by atoms with Gasteiger partial charge in [-0.2, -0.15) is 5.10 Å². The number of ether oxygens (including phenoxy) is 1. The van der Waals surface area contributed by atoms with Crippen molar-refractivity contribution < 1.29 is 14.1 Å². The molecule has 2 aromatic heterocycles. The maximum atomic E-state index is 12.7. The lowest BCUT2D eigenvalue weighted by molar-refractivity contribution is 0.101. The topological polar surface area (TPSA) is 82.2 Å². The van der Waals surface area contributed by atoms with Crippen molar-refractivity contribution in [2.75, 3.05) is 5.32 Å². The van der Waals surface area contributed by atoms with Crippen LogP contribution in [0, 0.1) is 20.8 Å². The number of benzene rings is 1. The summed E-state index contributed by atoms with van der Waals surface area (Å²) in [6.07, 6.45) is 1.80. The second-order valence-corrected chi connectivity index (χ2v) is 6.06. The van der Waals surface area contributed by atoms with Crippen molar-refractivity contribution in [1.29, 1.82) is 0 Å². The van der Waals surface area contributed by atoms with Crippen LogP contribution in [0.4, 0.5) is 5.69 Å². The Morgan fingerprint density at radius 1 is 1.27 bits per heavy atom. The normalized spacial score (nSPS) is 10.8. The molecule has 0 unspecified atom stereocenters. The molecule has 26 heavy (non-hydrogen) atoms. The fourth-order valence-electron chi connectivity index (χ4n) is 2.59. The monoisotopic (exact) mass is 354 g/mol. The molecule has 0 spiro atoms. The average molecular weight is 354 g/mol. The third-order valence-electron chi connectivity index (χ3n) is 4.18. The lowest BCUT2D eigenvalue weighted by Crippen LogP contribution is -2.15. The van der Waals surface area contributed by atoms with Crippen LogP contribution in [0.5, 0.6) is 5.75 Å². The molecule has 1 amide bonds. The molecule has 1 aromatic carbocycles. The third-order valence-corrected chi connectivity index (χ3v) is 4.18. The summed E-state index contributed by atoms with van der Waals surface area (Å²) in [4.78, 5) is 12.7. The summed E-state index contributed by atoms with van der Waals surface area (Å²) in [5, 5.41) is 11.1. The zero-order valence-corrected chi connectivity index (χ0v) is 15.4. The maximum Gasteiger partial charge on any atom is 0.278 e. The van der Waals surface area contributed by atoms with E-state index in [4.69, 9.17) is 9.26 Å². The van der Waals surface area contributed by atoms with Crippen molar-refractivity contribution in [3.05, 3.63) is 58.7 Å². The highest BCUT2D eigenvalue weighted by atomic mass is 16.5. The number of hydrogen-bond acceptors (Lipinski definition) is 5. The van der Waals surface area contributed by atoms with Crippen LogP contribution in [-0.2, 0) is 13.2 Å². The predicted octanol–water partition coefficient (Wildman–Crippen LogP) is 3.65. The Morgan fingerprint density at radius 3 is 2.73 bits per heavy atom. The van der Waals surface area contributed by atoms with Gasteiger partial charge < -0.3 is 14.6 Å². The fraction of sp³-hybridized carbons (Fsp3) is 0.316. The Labute approximate surface area is 151 Å². The second-order valence-electron chi connectivity index (χ2n) is 6.06. The molecular formula is C19H22N4O3. The van der Waals surface area contributed by atoms with E-state index in [1.54, 1.807) is 17.8 Å². The second kappa shape index (κ2) is 7.43. The van der Waals surface area contributed by atoms with Gasteiger partial charge in [-0.25, -0.2) is 0 Å². The van der Waals surface area contributed by atoms with E-state index in [1.807, 2.05) is 45.0 Å². The first-order valence-electron chi connectivity index (χ1n) is 8.48. The minimum absolute atomic E-state index is 0.205. The Morgan fingerprint density at radius 2 is 2.04 bits per heavy atom. The van der Waals surface area contributed by atoms with Crippen molar-refractivity contribution >= 4 is 11.6 Å². The van der Waals surface area contributed by atoms with Crippen LogP contribution >= 0.6 is 0 Å². The van der Waals surface area contributed by atoms with E-state index in [0.29, 0.717) is 17.0 Å². The summed E-state index contributed by atoms with van der Waals surface area (Å²) in [7, 11) is 0. The molecule has 3 aromatic rings. The van der Waals surface area contributed by atoms with Gasteiger partial charge in [-0.05, 0) is 39.3 Å². The van der Waals surface area contributed by atoms with Crippen molar-refractivity contribution in [1.82, 2.24) is 14.9 Å². The highest BCUT2D eigenvalue weighted by molar-refractivity contribution is 6.04. The van der Waals surface area contributed by atoms with Crippen LogP contribution in [0.15, 0.2) is 35.0 Å². The van der Waals surface area contributed by atoms with E-state index in [-0.39, 0.29) is 18.2 Å². The summed E-state index contributed by atoms with van der Waals surface area (Å²) >= 11 is 0. The first kappa shape index (κ1) is 17.7. The van der Waals surface area contributed by atoms with Gasteiger partial charge in [0.05, 0.1) is 16.9 Å². The molecule has 3 rings (SSSR count). The van der Waals surface area contributed by atoms with E-state index in [2.05, 4.69) is 15.6 Å². The van der Waals surface area contributed by atoms with Gasteiger partial charge in [-0.1, -0.05) is 23.4 Å². The lowest BCUT2D eigenvalue weighted by atomic mass is 10.2. The van der Waals surface area contributed by atoms with Crippen LogP contribution in [0.2, 0.25) is 0 Å². The number of anilines is 1. The van der Waals surface area contributed by atoms with Crippen molar-refractivity contribution in [3.63, 3.8) is 0 Å². The zero-order valence-electron chi connectivity index (χ0n) is 15.4. The number of aryl methyl sites for hydroxylation is 4. The summed E-state index contributed by atoms with van der Waals surface area (Å²) in [6, 6.07) is 7.72. The summed E-state index contributed by atoms with van der Waals surface area (Å²) in [6.45, 7) is 8.50. The molecule has 0 aliphatic rings. The molecule has 0 saturated heterocycles. The molecule has 0 aliphatic heterocycles. The molecule has 0 saturated carbocycles.